The highest BCUT2D eigenvalue weighted by molar-refractivity contribution is 7.81. The average molecular weight is 353 g/mol. The zero-order valence-electron chi connectivity index (χ0n) is 11.6. The molecule has 0 amide bonds. The fraction of sp³-hybridized carbons (Fsp3) is 0.188. The summed E-state index contributed by atoms with van der Waals surface area (Å²) in [6.07, 6.45) is 1.21. The molecule has 0 heterocycles. The summed E-state index contributed by atoms with van der Waals surface area (Å²) in [6, 6.07) is 13.1. The van der Waals surface area contributed by atoms with Gasteiger partial charge in [-0.25, -0.2) is 0 Å². The molecule has 0 unspecified atom stereocenters. The summed E-state index contributed by atoms with van der Waals surface area (Å²) >= 11 is 16.6. The number of nitrogens with zero attached hydrogens (tertiary/aromatic N) is 1. The number of anilines is 1. The SMILES string of the molecule is N#CCCCOc1ccc(-c2c(Cl)cc(NS)cc2Cl)cc1. The molecule has 2 rings (SSSR count). The Balaban J connectivity index is 2.15. The van der Waals surface area contributed by atoms with E-state index in [1.807, 2.05) is 24.3 Å². The molecule has 0 aliphatic rings. The van der Waals surface area contributed by atoms with Crippen LogP contribution in [0.15, 0.2) is 36.4 Å². The van der Waals surface area contributed by atoms with Gasteiger partial charge in [0.2, 0.25) is 0 Å². The minimum Gasteiger partial charge on any atom is -0.494 e. The maximum Gasteiger partial charge on any atom is 0.119 e. The largest absolute Gasteiger partial charge is 0.494 e. The lowest BCUT2D eigenvalue weighted by Crippen LogP contribution is -1.96. The van der Waals surface area contributed by atoms with Gasteiger partial charge in [-0.05, 0) is 36.2 Å². The third kappa shape index (κ3) is 4.23. The number of unbranched alkanes of at least 4 members (excludes halogenated alkanes) is 1. The molecule has 0 spiro atoms. The van der Waals surface area contributed by atoms with Crippen molar-refractivity contribution < 1.29 is 4.74 Å². The molecule has 0 aliphatic carbocycles. The zero-order chi connectivity index (χ0) is 15.9. The van der Waals surface area contributed by atoms with Gasteiger partial charge in [-0.15, -0.1) is 0 Å². The first-order valence-corrected chi connectivity index (χ1v) is 7.85. The maximum atomic E-state index is 8.48. The van der Waals surface area contributed by atoms with Crippen LogP contribution in [0.2, 0.25) is 10.0 Å². The monoisotopic (exact) mass is 352 g/mol. The predicted molar refractivity (Wildman–Crippen MR) is 94.8 cm³/mol. The van der Waals surface area contributed by atoms with Gasteiger partial charge in [0, 0.05) is 17.7 Å². The van der Waals surface area contributed by atoms with Crippen molar-refractivity contribution in [2.75, 3.05) is 11.3 Å². The van der Waals surface area contributed by atoms with E-state index in [9.17, 15) is 0 Å². The fourth-order valence-electron chi connectivity index (χ4n) is 1.97. The normalized spacial score (nSPS) is 10.1. The maximum absolute atomic E-state index is 8.48. The molecule has 2 aromatic rings. The van der Waals surface area contributed by atoms with Gasteiger partial charge in [-0.1, -0.05) is 48.1 Å². The lowest BCUT2D eigenvalue weighted by molar-refractivity contribution is 0.313. The Hall–Kier alpha value is -1.54. The first-order chi connectivity index (χ1) is 10.7. The average Bonchev–Trinajstić information content (AvgIpc) is 2.52. The lowest BCUT2D eigenvalue weighted by Gasteiger charge is -2.11. The Morgan fingerprint density at radius 2 is 1.77 bits per heavy atom. The molecular formula is C16H14Cl2N2OS. The highest BCUT2D eigenvalue weighted by atomic mass is 35.5. The van der Waals surface area contributed by atoms with Gasteiger partial charge in [-0.2, -0.15) is 5.26 Å². The van der Waals surface area contributed by atoms with Crippen LogP contribution in [0.25, 0.3) is 11.1 Å². The molecule has 0 saturated carbocycles. The first kappa shape index (κ1) is 16.8. The molecule has 114 valence electrons. The van der Waals surface area contributed by atoms with Gasteiger partial charge in [0.25, 0.3) is 0 Å². The van der Waals surface area contributed by atoms with Gasteiger partial charge in [-0.3, -0.25) is 0 Å². The van der Waals surface area contributed by atoms with Crippen molar-refractivity contribution in [3.8, 4) is 22.9 Å². The molecular weight excluding hydrogens is 339 g/mol. The Bertz CT molecular complexity index is 661. The second-order valence-electron chi connectivity index (χ2n) is 4.56. The van der Waals surface area contributed by atoms with Crippen LogP contribution in [0.3, 0.4) is 0 Å². The lowest BCUT2D eigenvalue weighted by atomic mass is 10.0. The molecule has 0 radical (unpaired) electrons. The number of nitriles is 1. The van der Waals surface area contributed by atoms with Gasteiger partial charge < -0.3 is 9.46 Å². The van der Waals surface area contributed by atoms with Crippen molar-refractivity contribution in [3.05, 3.63) is 46.4 Å². The Labute approximate surface area is 145 Å². The minimum atomic E-state index is 0.495. The summed E-state index contributed by atoms with van der Waals surface area (Å²) in [5, 5.41) is 9.57. The van der Waals surface area contributed by atoms with Crippen LogP contribution >= 0.6 is 36.0 Å². The molecule has 22 heavy (non-hydrogen) atoms. The highest BCUT2D eigenvalue weighted by Gasteiger charge is 2.10. The van der Waals surface area contributed by atoms with Crippen molar-refractivity contribution in [2.45, 2.75) is 12.8 Å². The van der Waals surface area contributed by atoms with Crippen LogP contribution in [-0.2, 0) is 0 Å². The molecule has 0 bridgehead atoms. The van der Waals surface area contributed by atoms with E-state index in [0.29, 0.717) is 29.5 Å². The summed E-state index contributed by atoms with van der Waals surface area (Å²) in [4.78, 5) is 0. The number of halogens is 2. The predicted octanol–water partition coefficient (Wildman–Crippen LogP) is 5.60. The number of hydrogen-bond donors (Lipinski definition) is 2. The number of rotatable bonds is 6. The van der Waals surface area contributed by atoms with Crippen LogP contribution in [-0.4, -0.2) is 6.61 Å². The molecule has 1 N–H and O–H groups in total. The number of hydrogen-bond acceptors (Lipinski definition) is 4. The second-order valence-corrected chi connectivity index (χ2v) is 5.60. The Morgan fingerprint density at radius 3 is 2.32 bits per heavy atom. The van der Waals surface area contributed by atoms with Gasteiger partial charge in [0.15, 0.2) is 0 Å². The van der Waals surface area contributed by atoms with Crippen LogP contribution in [0.4, 0.5) is 5.69 Å². The van der Waals surface area contributed by atoms with Crippen molar-refractivity contribution >= 4 is 41.7 Å². The molecule has 0 fully saturated rings. The summed E-state index contributed by atoms with van der Waals surface area (Å²) < 4.78 is 8.27. The van der Waals surface area contributed by atoms with Gasteiger partial charge in [0.1, 0.15) is 5.75 Å². The summed E-state index contributed by atoms with van der Waals surface area (Å²) in [5.41, 5.74) is 2.41. The standard InChI is InChI=1S/C16H14Cl2N2OS/c17-14-9-12(20-22)10-15(18)16(14)11-3-5-13(6-4-11)21-8-2-1-7-19/h3-6,9-10,20,22H,1-2,8H2. The van der Waals surface area contributed by atoms with Crippen molar-refractivity contribution in [2.24, 2.45) is 0 Å². The summed E-state index contributed by atoms with van der Waals surface area (Å²) in [5.74, 6) is 0.752. The third-order valence-corrected chi connectivity index (χ3v) is 3.87. The van der Waals surface area contributed by atoms with Crippen LogP contribution in [0.5, 0.6) is 5.75 Å². The number of benzene rings is 2. The quantitative estimate of drug-likeness (QED) is 0.525. The smallest absolute Gasteiger partial charge is 0.119 e. The number of nitrogens with one attached hydrogen (secondary N) is 1. The second kappa shape index (κ2) is 8.19. The molecule has 0 saturated heterocycles. The van der Waals surface area contributed by atoms with E-state index in [-0.39, 0.29) is 0 Å². The van der Waals surface area contributed by atoms with E-state index in [2.05, 4.69) is 23.6 Å². The highest BCUT2D eigenvalue weighted by Crippen LogP contribution is 2.38. The molecule has 3 nitrogen and oxygen atoms in total. The van der Waals surface area contributed by atoms with Crippen molar-refractivity contribution in [3.63, 3.8) is 0 Å². The molecule has 0 atom stereocenters. The van der Waals surface area contributed by atoms with Gasteiger partial charge >= 0.3 is 0 Å². The Kier molecular flexibility index (Phi) is 6.26. The van der Waals surface area contributed by atoms with Crippen molar-refractivity contribution in [1.29, 1.82) is 5.26 Å². The van der Waals surface area contributed by atoms with E-state index in [1.54, 1.807) is 12.1 Å². The van der Waals surface area contributed by atoms with E-state index < -0.39 is 0 Å². The van der Waals surface area contributed by atoms with Crippen molar-refractivity contribution in [1.82, 2.24) is 0 Å². The summed E-state index contributed by atoms with van der Waals surface area (Å²) in [6.45, 7) is 0.525. The molecule has 0 aliphatic heterocycles. The van der Waals surface area contributed by atoms with Crippen LogP contribution in [0, 0.1) is 11.3 Å². The van der Waals surface area contributed by atoms with E-state index in [4.69, 9.17) is 33.2 Å². The van der Waals surface area contributed by atoms with E-state index in [1.165, 1.54) is 0 Å². The van der Waals surface area contributed by atoms with Crippen LogP contribution in [0.1, 0.15) is 12.8 Å². The van der Waals surface area contributed by atoms with E-state index >= 15 is 0 Å². The number of ether oxygens (including phenoxy) is 1. The van der Waals surface area contributed by atoms with E-state index in [0.717, 1.165) is 22.6 Å². The Morgan fingerprint density at radius 1 is 1.14 bits per heavy atom. The fourth-order valence-corrected chi connectivity index (χ4v) is 2.81. The topological polar surface area (TPSA) is 45.0 Å². The minimum absolute atomic E-state index is 0.495. The molecule has 2 aromatic carbocycles. The molecule has 6 heteroatoms. The zero-order valence-corrected chi connectivity index (χ0v) is 14.1. The van der Waals surface area contributed by atoms with Gasteiger partial charge in [0.05, 0.1) is 22.7 Å². The number of thiol groups is 1. The van der Waals surface area contributed by atoms with Crippen LogP contribution < -0.4 is 9.46 Å². The first-order valence-electron chi connectivity index (χ1n) is 6.65. The third-order valence-electron chi connectivity index (χ3n) is 3.02. The molecule has 0 aromatic heterocycles. The summed E-state index contributed by atoms with van der Waals surface area (Å²) in [7, 11) is 0.